The largest absolute Gasteiger partial charge is 0.390 e. The van der Waals surface area contributed by atoms with Crippen molar-refractivity contribution < 1.29 is 9.90 Å². The van der Waals surface area contributed by atoms with Gasteiger partial charge in [0.05, 0.1) is 17.7 Å². The van der Waals surface area contributed by atoms with Gasteiger partial charge in [-0.3, -0.25) is 4.79 Å². The number of aliphatic hydroxyl groups excluding tert-OH is 1. The summed E-state index contributed by atoms with van der Waals surface area (Å²) >= 11 is 0. The molecule has 0 spiro atoms. The van der Waals surface area contributed by atoms with E-state index in [0.29, 0.717) is 12.8 Å². The van der Waals surface area contributed by atoms with Gasteiger partial charge in [-0.05, 0) is 24.5 Å². The van der Waals surface area contributed by atoms with Crippen LogP contribution in [0.5, 0.6) is 0 Å². The predicted octanol–water partition coefficient (Wildman–Crippen LogP) is 0.888. The summed E-state index contributed by atoms with van der Waals surface area (Å²) in [4.78, 5) is 12.1. The Morgan fingerprint density at radius 2 is 2.22 bits per heavy atom. The summed E-state index contributed by atoms with van der Waals surface area (Å²) in [6.45, 7) is 3.58. The van der Waals surface area contributed by atoms with E-state index in [9.17, 15) is 9.90 Å². The Kier molecular flexibility index (Phi) is 3.41. The van der Waals surface area contributed by atoms with Crippen LogP contribution in [0.2, 0.25) is 0 Å². The molecular weight excluding hydrogens is 228 g/mol. The number of hydrogen-bond donors (Lipinski definition) is 3. The Labute approximate surface area is 107 Å². The van der Waals surface area contributed by atoms with Crippen LogP contribution in [0.4, 0.5) is 0 Å². The minimum absolute atomic E-state index is 0.217. The zero-order valence-electron chi connectivity index (χ0n) is 10.8. The van der Waals surface area contributed by atoms with Crippen LogP contribution in [0.3, 0.4) is 0 Å². The van der Waals surface area contributed by atoms with Gasteiger partial charge < -0.3 is 16.2 Å². The van der Waals surface area contributed by atoms with Crippen molar-refractivity contribution in [2.45, 2.75) is 44.4 Å². The molecule has 1 aliphatic carbocycles. The Bertz CT molecular complexity index is 457. The Hall–Kier alpha value is -1.39. The van der Waals surface area contributed by atoms with E-state index in [1.807, 2.05) is 31.2 Å². The van der Waals surface area contributed by atoms with E-state index in [4.69, 9.17) is 5.73 Å². The monoisotopic (exact) mass is 248 g/mol. The number of rotatable bonds is 3. The average Bonchev–Trinajstić information content (AvgIpc) is 2.66. The lowest BCUT2D eigenvalue weighted by atomic mass is 9.98. The first-order chi connectivity index (χ1) is 8.45. The second-order valence-electron chi connectivity index (χ2n) is 5.19. The third-order valence-electron chi connectivity index (χ3n) is 3.74. The number of carbonyl (C=O) groups excluding carboxylic acids is 1. The Morgan fingerprint density at radius 1 is 1.56 bits per heavy atom. The van der Waals surface area contributed by atoms with E-state index in [-0.39, 0.29) is 11.9 Å². The summed E-state index contributed by atoms with van der Waals surface area (Å²) in [6.07, 6.45) is 0.566. The predicted molar refractivity (Wildman–Crippen MR) is 69.9 cm³/mol. The number of nitrogens with two attached hydrogens (primary N) is 1. The molecule has 0 heterocycles. The molecule has 1 amide bonds. The maximum Gasteiger partial charge on any atom is 0.240 e. The highest BCUT2D eigenvalue weighted by molar-refractivity contribution is 5.86. The van der Waals surface area contributed by atoms with Gasteiger partial charge >= 0.3 is 0 Å². The van der Waals surface area contributed by atoms with Crippen molar-refractivity contribution in [1.82, 2.24) is 5.32 Å². The lowest BCUT2D eigenvalue weighted by molar-refractivity contribution is -0.127. The smallest absolute Gasteiger partial charge is 0.240 e. The van der Waals surface area contributed by atoms with E-state index in [1.165, 1.54) is 0 Å². The molecule has 98 valence electrons. The SMILES string of the molecule is CCC(C)(N)C(=O)N[C@H]1c2ccccc2C[C@H]1O. The van der Waals surface area contributed by atoms with Crippen LogP contribution in [0, 0.1) is 0 Å². The number of amides is 1. The van der Waals surface area contributed by atoms with Gasteiger partial charge in [-0.2, -0.15) is 0 Å². The second kappa shape index (κ2) is 4.71. The van der Waals surface area contributed by atoms with Gasteiger partial charge in [-0.15, -0.1) is 0 Å². The summed E-state index contributed by atoms with van der Waals surface area (Å²) < 4.78 is 0. The maximum atomic E-state index is 12.1. The molecule has 4 nitrogen and oxygen atoms in total. The van der Waals surface area contributed by atoms with Gasteiger partial charge in [0.25, 0.3) is 0 Å². The molecule has 0 fully saturated rings. The summed E-state index contributed by atoms with van der Waals surface area (Å²) in [6, 6.07) is 7.43. The van der Waals surface area contributed by atoms with Crippen molar-refractivity contribution in [3.8, 4) is 0 Å². The third-order valence-corrected chi connectivity index (χ3v) is 3.74. The van der Waals surface area contributed by atoms with Gasteiger partial charge in [0, 0.05) is 6.42 Å². The maximum absolute atomic E-state index is 12.1. The van der Waals surface area contributed by atoms with Crippen LogP contribution < -0.4 is 11.1 Å². The quantitative estimate of drug-likeness (QED) is 0.743. The Morgan fingerprint density at radius 3 is 2.89 bits per heavy atom. The molecule has 4 heteroatoms. The lowest BCUT2D eigenvalue weighted by Crippen LogP contribution is -2.52. The van der Waals surface area contributed by atoms with E-state index in [1.54, 1.807) is 6.92 Å². The first-order valence-corrected chi connectivity index (χ1v) is 6.31. The molecule has 1 aromatic carbocycles. The molecular formula is C14H20N2O2. The topological polar surface area (TPSA) is 75.4 Å². The minimum atomic E-state index is -0.892. The molecule has 0 saturated heterocycles. The van der Waals surface area contributed by atoms with Crippen LogP contribution >= 0.6 is 0 Å². The molecule has 0 saturated carbocycles. The number of aliphatic hydroxyl groups is 1. The number of fused-ring (bicyclic) bond motifs is 1. The van der Waals surface area contributed by atoms with Gasteiger partial charge in [0.2, 0.25) is 5.91 Å². The van der Waals surface area contributed by atoms with Crippen LogP contribution in [-0.2, 0) is 11.2 Å². The highest BCUT2D eigenvalue weighted by Gasteiger charge is 2.35. The number of nitrogens with one attached hydrogen (secondary N) is 1. The zero-order valence-corrected chi connectivity index (χ0v) is 10.8. The Balaban J connectivity index is 2.18. The first kappa shape index (κ1) is 13.1. The average molecular weight is 248 g/mol. The van der Waals surface area contributed by atoms with E-state index in [2.05, 4.69) is 5.32 Å². The molecule has 1 aliphatic rings. The van der Waals surface area contributed by atoms with Crippen LogP contribution in [0.1, 0.15) is 37.4 Å². The zero-order chi connectivity index (χ0) is 13.3. The first-order valence-electron chi connectivity index (χ1n) is 6.31. The van der Waals surface area contributed by atoms with Crippen molar-refractivity contribution in [2.24, 2.45) is 5.73 Å². The third kappa shape index (κ3) is 2.26. The fourth-order valence-electron chi connectivity index (χ4n) is 2.21. The molecule has 4 N–H and O–H groups in total. The van der Waals surface area contributed by atoms with Crippen molar-refractivity contribution >= 4 is 5.91 Å². The van der Waals surface area contributed by atoms with Crippen molar-refractivity contribution in [3.63, 3.8) is 0 Å². The van der Waals surface area contributed by atoms with E-state index < -0.39 is 11.6 Å². The fraction of sp³-hybridized carbons (Fsp3) is 0.500. The van der Waals surface area contributed by atoms with Gasteiger partial charge in [0.15, 0.2) is 0 Å². The number of carbonyl (C=O) groups is 1. The molecule has 1 aromatic rings. The molecule has 0 aromatic heterocycles. The summed E-state index contributed by atoms with van der Waals surface area (Å²) in [7, 11) is 0. The van der Waals surface area contributed by atoms with Crippen molar-refractivity contribution in [1.29, 1.82) is 0 Å². The number of hydrogen-bond acceptors (Lipinski definition) is 3. The van der Waals surface area contributed by atoms with Crippen molar-refractivity contribution in [3.05, 3.63) is 35.4 Å². The normalized spacial score (nSPS) is 25.3. The van der Waals surface area contributed by atoms with E-state index >= 15 is 0 Å². The lowest BCUT2D eigenvalue weighted by Gasteiger charge is -2.26. The summed E-state index contributed by atoms with van der Waals surface area (Å²) in [5.41, 5.74) is 7.10. The van der Waals surface area contributed by atoms with Crippen LogP contribution in [-0.4, -0.2) is 22.7 Å². The van der Waals surface area contributed by atoms with Crippen molar-refractivity contribution in [2.75, 3.05) is 0 Å². The van der Waals surface area contributed by atoms with Gasteiger partial charge in [-0.1, -0.05) is 31.2 Å². The molecule has 3 atom stereocenters. The van der Waals surface area contributed by atoms with Crippen LogP contribution in [0.15, 0.2) is 24.3 Å². The molecule has 0 bridgehead atoms. The van der Waals surface area contributed by atoms with Crippen LogP contribution in [0.25, 0.3) is 0 Å². The highest BCUT2D eigenvalue weighted by atomic mass is 16.3. The molecule has 0 radical (unpaired) electrons. The van der Waals surface area contributed by atoms with E-state index in [0.717, 1.165) is 11.1 Å². The molecule has 18 heavy (non-hydrogen) atoms. The second-order valence-corrected chi connectivity index (χ2v) is 5.19. The molecule has 1 unspecified atom stereocenters. The summed E-state index contributed by atoms with van der Waals surface area (Å²) in [5.74, 6) is -0.217. The fourth-order valence-corrected chi connectivity index (χ4v) is 2.21. The minimum Gasteiger partial charge on any atom is -0.390 e. The standard InChI is InChI=1S/C14H20N2O2/c1-3-14(2,15)13(18)16-12-10-7-5-4-6-9(10)8-11(12)17/h4-7,11-12,17H,3,8,15H2,1-2H3,(H,16,18)/t11-,12+,14?/m1/s1. The molecule has 0 aliphatic heterocycles. The highest BCUT2D eigenvalue weighted by Crippen LogP contribution is 2.31. The van der Waals surface area contributed by atoms with Gasteiger partial charge in [0.1, 0.15) is 0 Å². The molecule has 2 rings (SSSR count). The number of benzene rings is 1. The summed E-state index contributed by atoms with van der Waals surface area (Å²) in [5, 5.41) is 12.9. The van der Waals surface area contributed by atoms with Gasteiger partial charge in [-0.25, -0.2) is 0 Å².